The standard InChI is InChI=1S/C19H24N4O/c1-3-15-6-8-16(9-7-15)20-19(24)17-10-11-18(22-21-17)23-12-4-5-14(2)13-23/h6-11,14H,3-5,12-13H2,1-2H3,(H,20,24). The minimum Gasteiger partial charge on any atom is -0.355 e. The molecule has 1 N–H and O–H groups in total. The zero-order valence-corrected chi connectivity index (χ0v) is 14.3. The molecule has 1 aromatic carbocycles. The SMILES string of the molecule is CCc1ccc(NC(=O)c2ccc(N3CCCC(C)C3)nn2)cc1. The topological polar surface area (TPSA) is 58.1 Å². The van der Waals surface area contributed by atoms with Gasteiger partial charge in [0.05, 0.1) is 0 Å². The van der Waals surface area contributed by atoms with Gasteiger partial charge in [-0.25, -0.2) is 0 Å². The molecule has 1 unspecified atom stereocenters. The second-order valence-electron chi connectivity index (χ2n) is 6.47. The van der Waals surface area contributed by atoms with E-state index < -0.39 is 0 Å². The molecule has 2 aromatic rings. The molecule has 126 valence electrons. The summed E-state index contributed by atoms with van der Waals surface area (Å²) in [7, 11) is 0. The maximum atomic E-state index is 12.3. The maximum Gasteiger partial charge on any atom is 0.276 e. The van der Waals surface area contributed by atoms with Crippen molar-refractivity contribution in [1.82, 2.24) is 10.2 Å². The van der Waals surface area contributed by atoms with Crippen LogP contribution in [0.15, 0.2) is 36.4 Å². The second kappa shape index (κ2) is 7.43. The number of aryl methyl sites for hydroxylation is 1. The fourth-order valence-electron chi connectivity index (χ4n) is 3.03. The molecule has 1 saturated heterocycles. The van der Waals surface area contributed by atoms with Gasteiger partial charge < -0.3 is 10.2 Å². The van der Waals surface area contributed by atoms with Crippen molar-refractivity contribution < 1.29 is 4.79 Å². The molecule has 5 heteroatoms. The summed E-state index contributed by atoms with van der Waals surface area (Å²) in [5.74, 6) is 1.30. The Morgan fingerprint density at radius 3 is 2.62 bits per heavy atom. The molecule has 0 aliphatic carbocycles. The number of aromatic nitrogens is 2. The molecule has 1 atom stereocenters. The summed E-state index contributed by atoms with van der Waals surface area (Å²) >= 11 is 0. The molecule has 1 amide bonds. The Labute approximate surface area is 143 Å². The zero-order valence-electron chi connectivity index (χ0n) is 14.3. The Morgan fingerprint density at radius 2 is 2.00 bits per heavy atom. The highest BCUT2D eigenvalue weighted by atomic mass is 16.1. The smallest absolute Gasteiger partial charge is 0.276 e. The average Bonchev–Trinajstić information content (AvgIpc) is 2.62. The summed E-state index contributed by atoms with van der Waals surface area (Å²) in [5.41, 5.74) is 2.35. The molecule has 1 aliphatic heterocycles. The summed E-state index contributed by atoms with van der Waals surface area (Å²) in [6, 6.07) is 11.5. The molecule has 24 heavy (non-hydrogen) atoms. The Balaban J connectivity index is 1.64. The fourth-order valence-corrected chi connectivity index (χ4v) is 3.03. The van der Waals surface area contributed by atoms with E-state index in [-0.39, 0.29) is 5.91 Å². The minimum atomic E-state index is -0.231. The van der Waals surface area contributed by atoms with E-state index in [1.54, 1.807) is 6.07 Å². The Morgan fingerprint density at radius 1 is 1.21 bits per heavy atom. The van der Waals surface area contributed by atoms with Crippen molar-refractivity contribution in [2.75, 3.05) is 23.3 Å². The molecule has 0 bridgehead atoms. The molecule has 1 aromatic heterocycles. The van der Waals surface area contributed by atoms with Gasteiger partial charge in [0.1, 0.15) is 0 Å². The van der Waals surface area contributed by atoms with Crippen LogP contribution in [0, 0.1) is 5.92 Å². The lowest BCUT2D eigenvalue weighted by atomic mass is 10.0. The summed E-state index contributed by atoms with van der Waals surface area (Å²) in [6.07, 6.45) is 3.43. The fraction of sp³-hybridized carbons (Fsp3) is 0.421. The van der Waals surface area contributed by atoms with E-state index in [0.717, 1.165) is 31.0 Å². The number of hydrogen-bond donors (Lipinski definition) is 1. The molecule has 3 rings (SSSR count). The predicted molar refractivity (Wildman–Crippen MR) is 96.4 cm³/mol. The van der Waals surface area contributed by atoms with E-state index in [0.29, 0.717) is 11.6 Å². The average molecular weight is 324 g/mol. The van der Waals surface area contributed by atoms with E-state index in [9.17, 15) is 4.79 Å². The molecule has 0 saturated carbocycles. The number of benzene rings is 1. The number of nitrogens with zero attached hydrogens (tertiary/aromatic N) is 3. The van der Waals surface area contributed by atoms with Gasteiger partial charge >= 0.3 is 0 Å². The number of carbonyl (C=O) groups excluding carboxylic acids is 1. The van der Waals surface area contributed by atoms with Crippen LogP contribution in [0.3, 0.4) is 0 Å². The third-order valence-electron chi connectivity index (χ3n) is 4.48. The van der Waals surface area contributed by atoms with Crippen molar-refractivity contribution in [1.29, 1.82) is 0 Å². The van der Waals surface area contributed by atoms with Gasteiger partial charge in [0.25, 0.3) is 5.91 Å². The van der Waals surface area contributed by atoms with Crippen LogP contribution in [0.25, 0.3) is 0 Å². The van der Waals surface area contributed by atoms with Gasteiger partial charge in [-0.1, -0.05) is 26.0 Å². The first-order valence-electron chi connectivity index (χ1n) is 8.64. The zero-order chi connectivity index (χ0) is 16.9. The van der Waals surface area contributed by atoms with Gasteiger partial charge in [0.15, 0.2) is 11.5 Å². The van der Waals surface area contributed by atoms with Crippen LogP contribution in [0.5, 0.6) is 0 Å². The number of amides is 1. The van der Waals surface area contributed by atoms with Crippen LogP contribution in [-0.2, 0) is 6.42 Å². The van der Waals surface area contributed by atoms with Crippen molar-refractivity contribution in [2.45, 2.75) is 33.1 Å². The van der Waals surface area contributed by atoms with E-state index >= 15 is 0 Å². The highest BCUT2D eigenvalue weighted by molar-refractivity contribution is 6.02. The minimum absolute atomic E-state index is 0.231. The molecular weight excluding hydrogens is 300 g/mol. The van der Waals surface area contributed by atoms with Crippen LogP contribution < -0.4 is 10.2 Å². The second-order valence-corrected chi connectivity index (χ2v) is 6.47. The number of rotatable bonds is 4. The van der Waals surface area contributed by atoms with Crippen molar-refractivity contribution in [3.63, 3.8) is 0 Å². The number of anilines is 2. The lowest BCUT2D eigenvalue weighted by molar-refractivity contribution is 0.102. The molecule has 0 spiro atoms. The third kappa shape index (κ3) is 3.91. The highest BCUT2D eigenvalue weighted by Crippen LogP contribution is 2.20. The number of nitrogens with one attached hydrogen (secondary N) is 1. The summed E-state index contributed by atoms with van der Waals surface area (Å²) in [5, 5.41) is 11.2. The lowest BCUT2D eigenvalue weighted by Crippen LogP contribution is -2.35. The van der Waals surface area contributed by atoms with E-state index in [1.807, 2.05) is 30.3 Å². The summed E-state index contributed by atoms with van der Waals surface area (Å²) < 4.78 is 0. The Bertz CT molecular complexity index is 682. The molecule has 1 fully saturated rings. The quantitative estimate of drug-likeness (QED) is 0.935. The predicted octanol–water partition coefficient (Wildman–Crippen LogP) is 3.53. The Kier molecular flexibility index (Phi) is 5.08. The van der Waals surface area contributed by atoms with Gasteiger partial charge in [0, 0.05) is 18.8 Å². The highest BCUT2D eigenvalue weighted by Gasteiger charge is 2.18. The van der Waals surface area contributed by atoms with Gasteiger partial charge in [-0.15, -0.1) is 10.2 Å². The van der Waals surface area contributed by atoms with Gasteiger partial charge in [0.2, 0.25) is 0 Å². The normalized spacial score (nSPS) is 17.6. The molecule has 2 heterocycles. The lowest BCUT2D eigenvalue weighted by Gasteiger charge is -2.31. The third-order valence-corrected chi connectivity index (χ3v) is 4.48. The van der Waals surface area contributed by atoms with E-state index in [2.05, 4.69) is 34.3 Å². The molecule has 0 radical (unpaired) electrons. The summed E-state index contributed by atoms with van der Waals surface area (Å²) in [6.45, 7) is 6.37. The van der Waals surface area contributed by atoms with Crippen LogP contribution in [0.4, 0.5) is 11.5 Å². The van der Waals surface area contributed by atoms with Crippen LogP contribution >= 0.6 is 0 Å². The first-order valence-corrected chi connectivity index (χ1v) is 8.64. The van der Waals surface area contributed by atoms with E-state index in [1.165, 1.54) is 18.4 Å². The van der Waals surface area contributed by atoms with Crippen LogP contribution in [-0.4, -0.2) is 29.2 Å². The molecular formula is C19H24N4O. The largest absolute Gasteiger partial charge is 0.355 e. The van der Waals surface area contributed by atoms with Gasteiger partial charge in [-0.2, -0.15) is 0 Å². The van der Waals surface area contributed by atoms with E-state index in [4.69, 9.17) is 0 Å². The van der Waals surface area contributed by atoms with Crippen molar-refractivity contribution in [3.05, 3.63) is 47.7 Å². The molecule has 5 nitrogen and oxygen atoms in total. The van der Waals surface area contributed by atoms with Crippen LogP contribution in [0.2, 0.25) is 0 Å². The van der Waals surface area contributed by atoms with Crippen molar-refractivity contribution in [2.24, 2.45) is 5.92 Å². The number of carbonyl (C=O) groups is 1. The molecule has 1 aliphatic rings. The van der Waals surface area contributed by atoms with Gasteiger partial charge in [-0.3, -0.25) is 4.79 Å². The number of hydrogen-bond acceptors (Lipinski definition) is 4. The first-order chi connectivity index (χ1) is 11.7. The van der Waals surface area contributed by atoms with Crippen LogP contribution in [0.1, 0.15) is 42.7 Å². The van der Waals surface area contributed by atoms with Crippen molar-refractivity contribution >= 4 is 17.4 Å². The monoisotopic (exact) mass is 324 g/mol. The van der Waals surface area contributed by atoms with Gasteiger partial charge in [-0.05, 0) is 55.0 Å². The summed E-state index contributed by atoms with van der Waals surface area (Å²) in [4.78, 5) is 14.5. The maximum absolute atomic E-state index is 12.3. The number of piperidine rings is 1. The first kappa shape index (κ1) is 16.4. The van der Waals surface area contributed by atoms with Crippen molar-refractivity contribution in [3.8, 4) is 0 Å². The Hall–Kier alpha value is -2.43.